The largest absolute Gasteiger partial charge is 0.497 e. The summed E-state index contributed by atoms with van der Waals surface area (Å²) >= 11 is 6.01. The van der Waals surface area contributed by atoms with E-state index in [0.29, 0.717) is 54.4 Å². The average molecular weight is 430 g/mol. The zero-order valence-electron chi connectivity index (χ0n) is 17.0. The number of amides is 1. The Morgan fingerprint density at radius 2 is 1.80 bits per heavy atom. The maximum absolute atomic E-state index is 12.9. The van der Waals surface area contributed by atoms with Gasteiger partial charge in [0, 0.05) is 31.0 Å². The monoisotopic (exact) mass is 429 g/mol. The highest BCUT2D eigenvalue weighted by molar-refractivity contribution is 6.31. The first-order valence-electron chi connectivity index (χ1n) is 10.0. The van der Waals surface area contributed by atoms with Gasteiger partial charge in [0.05, 0.1) is 19.1 Å². The summed E-state index contributed by atoms with van der Waals surface area (Å²) < 4.78 is 17.2. The Kier molecular flexibility index (Phi) is 5.60. The number of rotatable bonds is 4. The van der Waals surface area contributed by atoms with Gasteiger partial charge in [-0.05, 0) is 49.4 Å². The zero-order chi connectivity index (χ0) is 21.3. The summed E-state index contributed by atoms with van der Waals surface area (Å²) in [5.41, 5.74) is -0.0254. The molecule has 7 heteroatoms. The number of methoxy groups -OCH3 is 1. The molecule has 1 fully saturated rings. The number of ketones is 1. The molecule has 1 spiro atoms. The van der Waals surface area contributed by atoms with Crippen molar-refractivity contribution in [3.63, 3.8) is 0 Å². The number of nitrogens with zero attached hydrogens (tertiary/aromatic N) is 1. The number of benzene rings is 2. The second-order valence-corrected chi connectivity index (χ2v) is 8.22. The number of hydrogen-bond donors (Lipinski definition) is 0. The second kappa shape index (κ2) is 8.19. The van der Waals surface area contributed by atoms with Gasteiger partial charge >= 0.3 is 0 Å². The van der Waals surface area contributed by atoms with Crippen molar-refractivity contribution in [3.05, 3.63) is 53.1 Å². The summed E-state index contributed by atoms with van der Waals surface area (Å²) in [6.45, 7) is 2.79. The molecule has 2 aliphatic rings. The van der Waals surface area contributed by atoms with Crippen LogP contribution >= 0.6 is 11.6 Å². The number of likely N-dealkylation sites (tertiary alicyclic amines) is 1. The molecule has 1 amide bonds. The van der Waals surface area contributed by atoms with E-state index in [2.05, 4.69) is 0 Å². The Bertz CT molecular complexity index is 951. The molecule has 1 atom stereocenters. The molecular weight excluding hydrogens is 406 g/mol. The number of hydrogen-bond acceptors (Lipinski definition) is 5. The van der Waals surface area contributed by atoms with E-state index in [4.69, 9.17) is 25.8 Å². The summed E-state index contributed by atoms with van der Waals surface area (Å²) in [5.74, 6) is 1.88. The molecule has 6 nitrogen and oxygen atoms in total. The Morgan fingerprint density at radius 1 is 1.13 bits per heavy atom. The highest BCUT2D eigenvalue weighted by atomic mass is 35.5. The van der Waals surface area contributed by atoms with Crippen LogP contribution in [0.4, 0.5) is 0 Å². The third-order valence-electron chi connectivity index (χ3n) is 5.76. The topological polar surface area (TPSA) is 65.1 Å². The normalized spacial score (nSPS) is 18.4. The van der Waals surface area contributed by atoms with Gasteiger partial charge in [-0.25, -0.2) is 0 Å². The van der Waals surface area contributed by atoms with Crippen molar-refractivity contribution in [2.24, 2.45) is 0 Å². The summed E-state index contributed by atoms with van der Waals surface area (Å²) in [7, 11) is 1.60. The Hall–Kier alpha value is -2.73. The van der Waals surface area contributed by atoms with Gasteiger partial charge in [0.15, 0.2) is 11.9 Å². The van der Waals surface area contributed by atoms with E-state index in [0.717, 1.165) is 5.75 Å². The minimum Gasteiger partial charge on any atom is -0.497 e. The molecule has 2 aromatic carbocycles. The van der Waals surface area contributed by atoms with Gasteiger partial charge < -0.3 is 19.1 Å². The van der Waals surface area contributed by atoms with Gasteiger partial charge in [-0.3, -0.25) is 9.59 Å². The minimum atomic E-state index is -0.607. The fourth-order valence-electron chi connectivity index (χ4n) is 4.05. The lowest BCUT2D eigenvalue weighted by Crippen LogP contribution is -2.54. The molecule has 2 heterocycles. The van der Waals surface area contributed by atoms with Crippen LogP contribution in [0.15, 0.2) is 42.5 Å². The fraction of sp³-hybridized carbons (Fsp3) is 0.391. The predicted octanol–water partition coefficient (Wildman–Crippen LogP) is 4.14. The summed E-state index contributed by atoms with van der Waals surface area (Å²) in [5, 5.41) is 0.521. The highest BCUT2D eigenvalue weighted by Crippen LogP contribution is 2.40. The number of piperidine rings is 1. The lowest BCUT2D eigenvalue weighted by molar-refractivity contribution is -0.141. The van der Waals surface area contributed by atoms with E-state index in [1.54, 1.807) is 61.4 Å². The minimum absolute atomic E-state index is 0.0368. The molecule has 2 aliphatic heterocycles. The van der Waals surface area contributed by atoms with E-state index in [1.165, 1.54) is 0 Å². The number of halogens is 1. The van der Waals surface area contributed by atoms with Crippen molar-refractivity contribution in [1.82, 2.24) is 4.90 Å². The van der Waals surface area contributed by atoms with E-state index < -0.39 is 11.7 Å². The highest BCUT2D eigenvalue weighted by Gasteiger charge is 2.44. The quantitative estimate of drug-likeness (QED) is 0.730. The number of carbonyl (C=O) groups is 2. The number of carbonyl (C=O) groups excluding carboxylic acids is 2. The summed E-state index contributed by atoms with van der Waals surface area (Å²) in [6.07, 6.45) is 0.897. The Morgan fingerprint density at radius 3 is 2.47 bits per heavy atom. The van der Waals surface area contributed by atoms with Gasteiger partial charge in [-0.1, -0.05) is 11.6 Å². The maximum atomic E-state index is 12.9. The number of fused-ring (bicyclic) bond motifs is 1. The average Bonchev–Trinajstić information content (AvgIpc) is 2.75. The first kappa shape index (κ1) is 20.5. The van der Waals surface area contributed by atoms with Crippen molar-refractivity contribution < 1.29 is 23.8 Å². The molecule has 0 radical (unpaired) electrons. The van der Waals surface area contributed by atoms with Gasteiger partial charge in [-0.2, -0.15) is 0 Å². The van der Waals surface area contributed by atoms with Crippen LogP contribution in [0.2, 0.25) is 5.02 Å². The van der Waals surface area contributed by atoms with Crippen LogP contribution in [-0.4, -0.2) is 48.5 Å². The van der Waals surface area contributed by atoms with Crippen LogP contribution in [0.1, 0.15) is 36.5 Å². The molecule has 0 N–H and O–H groups in total. The van der Waals surface area contributed by atoms with Crippen LogP contribution < -0.4 is 14.2 Å². The molecule has 1 saturated heterocycles. The van der Waals surface area contributed by atoms with Crippen molar-refractivity contribution in [2.75, 3.05) is 20.2 Å². The number of ether oxygens (including phenoxy) is 3. The standard InChI is InChI=1S/C23H24ClNO5/c1-15(29-18-6-4-17(28-2)5-7-18)22(27)25-11-9-23(10-12-25)14-20(26)19-13-16(24)3-8-21(19)30-23/h3-8,13,15H,9-12,14H2,1-2H3. The van der Waals surface area contributed by atoms with Crippen LogP contribution in [0.25, 0.3) is 0 Å². The predicted molar refractivity (Wildman–Crippen MR) is 113 cm³/mol. The van der Waals surface area contributed by atoms with Gasteiger partial charge in [0.1, 0.15) is 22.8 Å². The molecular formula is C23H24ClNO5. The van der Waals surface area contributed by atoms with E-state index in [1.807, 2.05) is 0 Å². The van der Waals surface area contributed by atoms with Crippen molar-refractivity contribution in [1.29, 1.82) is 0 Å². The maximum Gasteiger partial charge on any atom is 0.263 e. The van der Waals surface area contributed by atoms with Crippen LogP contribution in [0.3, 0.4) is 0 Å². The zero-order valence-corrected chi connectivity index (χ0v) is 17.8. The molecule has 1 unspecified atom stereocenters. The molecule has 2 aromatic rings. The van der Waals surface area contributed by atoms with Gasteiger partial charge in [0.25, 0.3) is 5.91 Å². The smallest absolute Gasteiger partial charge is 0.263 e. The van der Waals surface area contributed by atoms with Crippen molar-refractivity contribution in [2.45, 2.75) is 37.9 Å². The Balaban J connectivity index is 1.37. The van der Waals surface area contributed by atoms with Gasteiger partial charge in [-0.15, -0.1) is 0 Å². The molecule has 0 aliphatic carbocycles. The van der Waals surface area contributed by atoms with Crippen LogP contribution in [0, 0.1) is 0 Å². The molecule has 4 rings (SSSR count). The third-order valence-corrected chi connectivity index (χ3v) is 5.99. The molecule has 0 aromatic heterocycles. The van der Waals surface area contributed by atoms with Crippen LogP contribution in [0.5, 0.6) is 17.2 Å². The lowest BCUT2D eigenvalue weighted by atomic mass is 9.82. The molecule has 0 saturated carbocycles. The van der Waals surface area contributed by atoms with E-state index in [9.17, 15) is 9.59 Å². The lowest BCUT2D eigenvalue weighted by Gasteiger charge is -2.44. The summed E-state index contributed by atoms with van der Waals surface area (Å²) in [6, 6.07) is 12.3. The van der Waals surface area contributed by atoms with Crippen molar-refractivity contribution >= 4 is 23.3 Å². The van der Waals surface area contributed by atoms with E-state index in [-0.39, 0.29) is 11.7 Å². The third kappa shape index (κ3) is 4.10. The van der Waals surface area contributed by atoms with E-state index >= 15 is 0 Å². The molecule has 158 valence electrons. The second-order valence-electron chi connectivity index (χ2n) is 7.79. The first-order valence-corrected chi connectivity index (χ1v) is 10.4. The van der Waals surface area contributed by atoms with Crippen LogP contribution in [-0.2, 0) is 4.79 Å². The first-order chi connectivity index (χ1) is 14.4. The number of Topliss-reactive ketones (excluding diaryl/α,β-unsaturated/α-hetero) is 1. The Labute approximate surface area is 180 Å². The van der Waals surface area contributed by atoms with Gasteiger partial charge in [0.2, 0.25) is 0 Å². The SMILES string of the molecule is COc1ccc(OC(C)C(=O)N2CCC3(CC2)CC(=O)c2cc(Cl)ccc2O3)cc1. The summed E-state index contributed by atoms with van der Waals surface area (Å²) in [4.78, 5) is 27.3. The molecule has 0 bridgehead atoms. The fourth-order valence-corrected chi connectivity index (χ4v) is 4.22. The molecule has 30 heavy (non-hydrogen) atoms. The van der Waals surface area contributed by atoms with Crippen molar-refractivity contribution in [3.8, 4) is 17.2 Å².